The molecular formula is C22H22N4O2S2. The maximum Gasteiger partial charge on any atom is 0.233 e. The van der Waals surface area contributed by atoms with E-state index in [1.165, 1.54) is 11.8 Å². The first kappa shape index (κ1) is 20.7. The lowest BCUT2D eigenvalue weighted by molar-refractivity contribution is -0.130. The fraction of sp³-hybridized carbons (Fsp3) is 0.318. The molecule has 154 valence electrons. The van der Waals surface area contributed by atoms with E-state index in [0.717, 1.165) is 25.9 Å². The van der Waals surface area contributed by atoms with Crippen molar-refractivity contribution in [2.75, 3.05) is 39.0 Å². The highest BCUT2D eigenvalue weighted by molar-refractivity contribution is 8.01. The Bertz CT molecular complexity index is 1020. The quantitative estimate of drug-likeness (QED) is 0.545. The molecule has 1 unspecified atom stereocenters. The lowest BCUT2D eigenvalue weighted by Gasteiger charge is -2.37. The van der Waals surface area contributed by atoms with Gasteiger partial charge in [-0.05, 0) is 29.8 Å². The number of rotatable bonds is 6. The minimum atomic E-state index is -0.315. The second-order valence-electron chi connectivity index (χ2n) is 6.96. The monoisotopic (exact) mass is 438 g/mol. The Morgan fingerprint density at radius 2 is 1.93 bits per heavy atom. The number of ether oxygens (including phenoxy) is 1. The molecule has 2 aromatic carbocycles. The molecule has 1 aliphatic heterocycles. The van der Waals surface area contributed by atoms with Crippen LogP contribution in [0.2, 0.25) is 0 Å². The van der Waals surface area contributed by atoms with Gasteiger partial charge in [-0.1, -0.05) is 36.0 Å². The van der Waals surface area contributed by atoms with Crippen molar-refractivity contribution in [1.82, 2.24) is 14.8 Å². The number of methoxy groups -OCH3 is 1. The number of nitriles is 1. The number of aromatic nitrogens is 1. The zero-order valence-corrected chi connectivity index (χ0v) is 18.3. The number of thiazole rings is 1. The minimum absolute atomic E-state index is 0.122. The van der Waals surface area contributed by atoms with Crippen molar-refractivity contribution < 1.29 is 9.53 Å². The van der Waals surface area contributed by atoms with Crippen molar-refractivity contribution in [1.29, 1.82) is 5.26 Å². The van der Waals surface area contributed by atoms with E-state index in [9.17, 15) is 10.1 Å². The molecule has 0 N–H and O–H groups in total. The van der Waals surface area contributed by atoms with Gasteiger partial charge < -0.3 is 9.64 Å². The van der Waals surface area contributed by atoms with Crippen LogP contribution in [0.5, 0.6) is 5.75 Å². The average Bonchev–Trinajstić information content (AvgIpc) is 3.22. The van der Waals surface area contributed by atoms with Gasteiger partial charge in [-0.2, -0.15) is 5.26 Å². The molecule has 0 saturated carbocycles. The van der Waals surface area contributed by atoms with Gasteiger partial charge in [0.05, 0.1) is 29.1 Å². The van der Waals surface area contributed by atoms with Crippen LogP contribution in [0.25, 0.3) is 10.2 Å². The van der Waals surface area contributed by atoms with Gasteiger partial charge in [-0.15, -0.1) is 11.3 Å². The zero-order chi connectivity index (χ0) is 20.9. The Labute approximate surface area is 184 Å². The Balaban J connectivity index is 1.30. The molecule has 1 aliphatic rings. The maximum atomic E-state index is 12.7. The van der Waals surface area contributed by atoms with E-state index >= 15 is 0 Å². The van der Waals surface area contributed by atoms with Crippen LogP contribution >= 0.6 is 23.1 Å². The lowest BCUT2D eigenvalue weighted by Crippen LogP contribution is -2.50. The van der Waals surface area contributed by atoms with E-state index in [4.69, 9.17) is 4.74 Å². The first-order valence-electron chi connectivity index (χ1n) is 9.71. The summed E-state index contributed by atoms with van der Waals surface area (Å²) < 4.78 is 7.26. The van der Waals surface area contributed by atoms with Gasteiger partial charge in [0, 0.05) is 26.2 Å². The summed E-state index contributed by atoms with van der Waals surface area (Å²) in [6.45, 7) is 2.63. The number of carbonyl (C=O) groups excluding carboxylic acids is 1. The van der Waals surface area contributed by atoms with Gasteiger partial charge in [-0.25, -0.2) is 4.98 Å². The number of fused-ring (bicyclic) bond motifs is 1. The number of benzene rings is 2. The van der Waals surface area contributed by atoms with E-state index in [1.54, 1.807) is 18.4 Å². The van der Waals surface area contributed by atoms with Crippen molar-refractivity contribution in [2.24, 2.45) is 0 Å². The third-order valence-corrected chi connectivity index (χ3v) is 7.34. The van der Waals surface area contributed by atoms with E-state index in [0.29, 0.717) is 31.9 Å². The summed E-state index contributed by atoms with van der Waals surface area (Å²) >= 11 is 3.12. The molecule has 6 nitrogen and oxygen atoms in total. The van der Waals surface area contributed by atoms with Crippen LogP contribution in [-0.2, 0) is 4.79 Å². The molecule has 8 heteroatoms. The molecule has 3 aromatic rings. The standard InChI is InChI=1S/C22H22N4O2S2/c1-28-17-8-6-16(7-9-17)19(14-23)25-10-12-26(13-11-25)21(27)15-29-22-24-18-4-2-3-5-20(18)30-22/h2-9,19H,10-13,15H2,1H3. The predicted molar refractivity (Wildman–Crippen MR) is 120 cm³/mol. The molecule has 1 fully saturated rings. The molecule has 1 amide bonds. The van der Waals surface area contributed by atoms with Crippen molar-refractivity contribution >= 4 is 39.2 Å². The molecule has 1 atom stereocenters. The van der Waals surface area contributed by atoms with Gasteiger partial charge in [-0.3, -0.25) is 9.69 Å². The first-order valence-corrected chi connectivity index (χ1v) is 11.5. The van der Waals surface area contributed by atoms with Crippen LogP contribution in [0.3, 0.4) is 0 Å². The molecular weight excluding hydrogens is 416 g/mol. The van der Waals surface area contributed by atoms with Gasteiger partial charge in [0.2, 0.25) is 5.91 Å². The Kier molecular flexibility index (Phi) is 6.53. The largest absolute Gasteiger partial charge is 0.497 e. The highest BCUT2D eigenvalue weighted by Gasteiger charge is 2.27. The highest BCUT2D eigenvalue weighted by Crippen LogP contribution is 2.30. The number of hydrogen-bond donors (Lipinski definition) is 0. The molecule has 0 bridgehead atoms. The predicted octanol–water partition coefficient (Wildman–Crippen LogP) is 3.81. The Morgan fingerprint density at radius 1 is 1.20 bits per heavy atom. The number of hydrogen-bond acceptors (Lipinski definition) is 7. The smallest absolute Gasteiger partial charge is 0.233 e. The second kappa shape index (κ2) is 9.47. The molecule has 0 radical (unpaired) electrons. The average molecular weight is 439 g/mol. The maximum absolute atomic E-state index is 12.7. The molecule has 2 heterocycles. The van der Waals surface area contributed by atoms with Crippen molar-refractivity contribution in [3.63, 3.8) is 0 Å². The van der Waals surface area contributed by atoms with Gasteiger partial charge in [0.25, 0.3) is 0 Å². The number of para-hydroxylation sites is 1. The van der Waals surface area contributed by atoms with E-state index in [-0.39, 0.29) is 11.9 Å². The van der Waals surface area contributed by atoms with E-state index in [2.05, 4.69) is 16.0 Å². The lowest BCUT2D eigenvalue weighted by atomic mass is 10.1. The molecule has 4 rings (SSSR count). The zero-order valence-electron chi connectivity index (χ0n) is 16.7. The van der Waals surface area contributed by atoms with E-state index < -0.39 is 0 Å². The normalized spacial score (nSPS) is 15.7. The summed E-state index contributed by atoms with van der Waals surface area (Å²) in [5.74, 6) is 1.29. The number of thioether (sulfide) groups is 1. The summed E-state index contributed by atoms with van der Waals surface area (Å²) in [5, 5.41) is 9.69. The van der Waals surface area contributed by atoms with Gasteiger partial charge >= 0.3 is 0 Å². The number of nitrogens with zero attached hydrogens (tertiary/aromatic N) is 4. The fourth-order valence-corrected chi connectivity index (χ4v) is 5.48. The van der Waals surface area contributed by atoms with Crippen LogP contribution in [0, 0.1) is 11.3 Å². The van der Waals surface area contributed by atoms with Gasteiger partial charge in [0.15, 0.2) is 4.34 Å². The van der Waals surface area contributed by atoms with Gasteiger partial charge in [0.1, 0.15) is 11.8 Å². The summed E-state index contributed by atoms with van der Waals surface area (Å²) in [6, 6.07) is 17.7. The summed E-state index contributed by atoms with van der Waals surface area (Å²) in [4.78, 5) is 21.3. The molecule has 0 aliphatic carbocycles. The number of carbonyl (C=O) groups is 1. The minimum Gasteiger partial charge on any atom is -0.497 e. The summed E-state index contributed by atoms with van der Waals surface area (Å²) in [7, 11) is 1.63. The summed E-state index contributed by atoms with van der Waals surface area (Å²) in [6.07, 6.45) is 0. The molecule has 30 heavy (non-hydrogen) atoms. The van der Waals surface area contributed by atoms with Crippen LogP contribution < -0.4 is 4.74 Å². The molecule has 1 saturated heterocycles. The van der Waals surface area contributed by atoms with Crippen molar-refractivity contribution in [2.45, 2.75) is 10.4 Å². The topological polar surface area (TPSA) is 69.5 Å². The Hall–Kier alpha value is -2.60. The van der Waals surface area contributed by atoms with Crippen LogP contribution in [0.15, 0.2) is 52.9 Å². The third kappa shape index (κ3) is 4.59. The van der Waals surface area contributed by atoms with Crippen LogP contribution in [0.4, 0.5) is 0 Å². The number of amides is 1. The van der Waals surface area contributed by atoms with Crippen LogP contribution in [0.1, 0.15) is 11.6 Å². The number of piperazine rings is 1. The third-order valence-electron chi connectivity index (χ3n) is 5.18. The van der Waals surface area contributed by atoms with Crippen molar-refractivity contribution in [3.05, 3.63) is 54.1 Å². The Morgan fingerprint density at radius 3 is 2.60 bits per heavy atom. The second-order valence-corrected chi connectivity index (χ2v) is 9.21. The van der Waals surface area contributed by atoms with Crippen LogP contribution in [-0.4, -0.2) is 59.7 Å². The highest BCUT2D eigenvalue weighted by atomic mass is 32.2. The SMILES string of the molecule is COc1ccc(C(C#N)N2CCN(C(=O)CSc3nc4ccccc4s3)CC2)cc1. The first-order chi connectivity index (χ1) is 14.7. The van der Waals surface area contributed by atoms with E-state index in [1.807, 2.05) is 53.4 Å². The molecule has 0 spiro atoms. The van der Waals surface area contributed by atoms with Crippen molar-refractivity contribution in [3.8, 4) is 11.8 Å². The molecule has 1 aromatic heterocycles. The fourth-order valence-electron chi connectivity index (χ4n) is 3.51. The summed E-state index contributed by atoms with van der Waals surface area (Å²) in [5.41, 5.74) is 1.93.